The average molecular weight is 438 g/mol. The summed E-state index contributed by atoms with van der Waals surface area (Å²) in [5, 5.41) is 1.97. The Kier molecular flexibility index (Phi) is 7.35. The standard InChI is InChI=1S/C20H21Cl2N3O2S/c1-13(2)27-9-5-8-25-19(26)15-6-3-4-7-16(15)23-20(25)28-12-14-10-17(21)24-18(22)11-14/h3-4,6-7,10-11,13H,5,8-9,12H2,1-2H3. The fourth-order valence-electron chi connectivity index (χ4n) is 2.74. The second-order valence-electron chi connectivity index (χ2n) is 6.55. The van der Waals surface area contributed by atoms with E-state index in [2.05, 4.69) is 4.98 Å². The molecule has 1 aromatic carbocycles. The van der Waals surface area contributed by atoms with Crippen LogP contribution in [0.15, 0.2) is 46.3 Å². The molecule has 0 N–H and O–H groups in total. The van der Waals surface area contributed by atoms with Crippen LogP contribution in [0.2, 0.25) is 10.3 Å². The lowest BCUT2D eigenvalue weighted by Crippen LogP contribution is -2.24. The largest absolute Gasteiger partial charge is 0.379 e. The predicted molar refractivity (Wildman–Crippen MR) is 116 cm³/mol. The zero-order valence-corrected chi connectivity index (χ0v) is 18.0. The zero-order chi connectivity index (χ0) is 20.1. The first-order valence-electron chi connectivity index (χ1n) is 9.00. The van der Waals surface area contributed by atoms with Crippen molar-refractivity contribution in [1.82, 2.24) is 14.5 Å². The van der Waals surface area contributed by atoms with Crippen molar-refractivity contribution in [2.45, 2.75) is 43.8 Å². The minimum atomic E-state index is -0.0385. The van der Waals surface area contributed by atoms with Gasteiger partial charge in [0, 0.05) is 18.9 Å². The lowest BCUT2D eigenvalue weighted by molar-refractivity contribution is 0.0743. The third kappa shape index (κ3) is 5.47. The van der Waals surface area contributed by atoms with E-state index in [9.17, 15) is 4.79 Å². The van der Waals surface area contributed by atoms with Gasteiger partial charge in [0.2, 0.25) is 0 Å². The van der Waals surface area contributed by atoms with E-state index < -0.39 is 0 Å². The molecule has 0 saturated carbocycles. The molecular weight excluding hydrogens is 417 g/mol. The minimum Gasteiger partial charge on any atom is -0.379 e. The maximum atomic E-state index is 13.0. The third-order valence-corrected chi connectivity index (χ3v) is 5.43. The summed E-state index contributed by atoms with van der Waals surface area (Å²) in [7, 11) is 0. The molecule has 0 aliphatic heterocycles. The first kappa shape index (κ1) is 21.1. The Morgan fingerprint density at radius 2 is 1.86 bits per heavy atom. The van der Waals surface area contributed by atoms with E-state index in [1.165, 1.54) is 11.8 Å². The number of thioether (sulfide) groups is 1. The van der Waals surface area contributed by atoms with E-state index in [0.717, 1.165) is 12.0 Å². The number of hydrogen-bond donors (Lipinski definition) is 0. The molecule has 0 radical (unpaired) electrons. The number of fused-ring (bicyclic) bond motifs is 1. The van der Waals surface area contributed by atoms with Crippen molar-refractivity contribution in [3.8, 4) is 0 Å². The molecule has 0 aliphatic rings. The third-order valence-electron chi connectivity index (χ3n) is 3.99. The number of aromatic nitrogens is 3. The van der Waals surface area contributed by atoms with Gasteiger partial charge in [-0.3, -0.25) is 9.36 Å². The van der Waals surface area contributed by atoms with Crippen molar-refractivity contribution in [1.29, 1.82) is 0 Å². The van der Waals surface area contributed by atoms with Gasteiger partial charge in [0.25, 0.3) is 5.56 Å². The van der Waals surface area contributed by atoms with E-state index in [0.29, 0.717) is 45.3 Å². The molecule has 0 spiro atoms. The number of pyridine rings is 1. The summed E-state index contributed by atoms with van der Waals surface area (Å²) < 4.78 is 7.33. The summed E-state index contributed by atoms with van der Waals surface area (Å²) in [5.41, 5.74) is 1.58. The van der Waals surface area contributed by atoms with Crippen LogP contribution in [0, 0.1) is 0 Å². The lowest BCUT2D eigenvalue weighted by Gasteiger charge is -2.14. The van der Waals surface area contributed by atoms with Crippen molar-refractivity contribution in [2.24, 2.45) is 0 Å². The number of ether oxygens (including phenoxy) is 1. The summed E-state index contributed by atoms with van der Waals surface area (Å²) in [4.78, 5) is 21.7. The van der Waals surface area contributed by atoms with E-state index in [1.54, 1.807) is 16.7 Å². The first-order chi connectivity index (χ1) is 13.4. The van der Waals surface area contributed by atoms with Gasteiger partial charge in [0.1, 0.15) is 10.3 Å². The second kappa shape index (κ2) is 9.74. The predicted octanol–water partition coefficient (Wildman–Crippen LogP) is 5.21. The molecule has 148 valence electrons. The molecule has 0 bridgehead atoms. The Morgan fingerprint density at radius 3 is 2.57 bits per heavy atom. The lowest BCUT2D eigenvalue weighted by atomic mass is 10.2. The van der Waals surface area contributed by atoms with E-state index in [1.807, 2.05) is 38.1 Å². The molecule has 0 saturated heterocycles. The summed E-state index contributed by atoms with van der Waals surface area (Å²) in [6, 6.07) is 10.9. The number of halogens is 2. The average Bonchev–Trinajstić information content (AvgIpc) is 2.64. The molecular formula is C20H21Cl2N3O2S. The molecule has 0 aliphatic carbocycles. The highest BCUT2D eigenvalue weighted by Gasteiger charge is 2.12. The first-order valence-corrected chi connectivity index (χ1v) is 10.7. The number of nitrogens with zero attached hydrogens (tertiary/aromatic N) is 3. The molecule has 3 aromatic rings. The molecule has 0 amide bonds. The fourth-order valence-corrected chi connectivity index (χ4v) is 4.20. The van der Waals surface area contributed by atoms with Gasteiger partial charge >= 0.3 is 0 Å². The van der Waals surface area contributed by atoms with E-state index in [-0.39, 0.29) is 11.7 Å². The smallest absolute Gasteiger partial charge is 0.262 e. The van der Waals surface area contributed by atoms with Crippen LogP contribution in [-0.2, 0) is 17.0 Å². The molecule has 28 heavy (non-hydrogen) atoms. The second-order valence-corrected chi connectivity index (χ2v) is 8.27. The molecule has 8 heteroatoms. The summed E-state index contributed by atoms with van der Waals surface area (Å²) in [6.07, 6.45) is 0.903. The van der Waals surface area contributed by atoms with Crippen molar-refractivity contribution in [2.75, 3.05) is 6.61 Å². The molecule has 2 heterocycles. The van der Waals surface area contributed by atoms with Crippen LogP contribution in [0.3, 0.4) is 0 Å². The number of benzene rings is 1. The van der Waals surface area contributed by atoms with Crippen LogP contribution in [0.1, 0.15) is 25.8 Å². The van der Waals surface area contributed by atoms with Crippen LogP contribution in [0.25, 0.3) is 10.9 Å². The molecule has 3 rings (SSSR count). The van der Waals surface area contributed by atoms with Crippen molar-refractivity contribution in [3.05, 3.63) is 62.6 Å². The highest BCUT2D eigenvalue weighted by Crippen LogP contribution is 2.25. The normalized spacial score (nSPS) is 11.5. The minimum absolute atomic E-state index is 0.0385. The van der Waals surface area contributed by atoms with Gasteiger partial charge in [0.05, 0.1) is 17.0 Å². The SMILES string of the molecule is CC(C)OCCCn1c(SCc2cc(Cl)nc(Cl)c2)nc2ccccc2c1=O. The van der Waals surface area contributed by atoms with E-state index >= 15 is 0 Å². The van der Waals surface area contributed by atoms with Crippen molar-refractivity contribution >= 4 is 45.9 Å². The molecule has 2 aromatic heterocycles. The highest BCUT2D eigenvalue weighted by atomic mass is 35.5. The molecule has 0 atom stereocenters. The zero-order valence-electron chi connectivity index (χ0n) is 15.7. The van der Waals surface area contributed by atoms with Crippen LogP contribution in [0.5, 0.6) is 0 Å². The Bertz CT molecular complexity index is 1000. The summed E-state index contributed by atoms with van der Waals surface area (Å²) >= 11 is 13.5. The maximum absolute atomic E-state index is 13.0. The number of para-hydroxylation sites is 1. The van der Waals surface area contributed by atoms with Crippen LogP contribution in [0.4, 0.5) is 0 Å². The molecule has 0 unspecified atom stereocenters. The Morgan fingerprint density at radius 1 is 1.14 bits per heavy atom. The number of hydrogen-bond acceptors (Lipinski definition) is 5. The van der Waals surface area contributed by atoms with Crippen LogP contribution < -0.4 is 5.56 Å². The van der Waals surface area contributed by atoms with Gasteiger partial charge < -0.3 is 4.74 Å². The Balaban J connectivity index is 1.87. The van der Waals surface area contributed by atoms with Gasteiger partial charge in [0.15, 0.2) is 5.16 Å². The Labute approximate surface area is 178 Å². The van der Waals surface area contributed by atoms with Gasteiger partial charge in [-0.2, -0.15) is 0 Å². The van der Waals surface area contributed by atoms with Crippen LogP contribution >= 0.6 is 35.0 Å². The maximum Gasteiger partial charge on any atom is 0.262 e. The van der Waals surface area contributed by atoms with Crippen LogP contribution in [-0.4, -0.2) is 27.2 Å². The van der Waals surface area contributed by atoms with Gasteiger partial charge in [-0.1, -0.05) is 47.1 Å². The monoisotopic (exact) mass is 437 g/mol. The topological polar surface area (TPSA) is 57.0 Å². The van der Waals surface area contributed by atoms with Crippen molar-refractivity contribution < 1.29 is 4.74 Å². The highest BCUT2D eigenvalue weighted by molar-refractivity contribution is 7.98. The fraction of sp³-hybridized carbons (Fsp3) is 0.350. The Hall–Kier alpha value is -1.60. The van der Waals surface area contributed by atoms with Gasteiger partial charge in [-0.05, 0) is 50.1 Å². The van der Waals surface area contributed by atoms with E-state index in [4.69, 9.17) is 32.9 Å². The van der Waals surface area contributed by atoms with Crippen molar-refractivity contribution in [3.63, 3.8) is 0 Å². The molecule has 5 nitrogen and oxygen atoms in total. The van der Waals surface area contributed by atoms with Gasteiger partial charge in [-0.25, -0.2) is 9.97 Å². The summed E-state index contributed by atoms with van der Waals surface area (Å²) in [6.45, 7) is 5.13. The molecule has 0 fully saturated rings. The quantitative estimate of drug-likeness (QED) is 0.209. The summed E-state index contributed by atoms with van der Waals surface area (Å²) in [5.74, 6) is 0.579. The van der Waals surface area contributed by atoms with Gasteiger partial charge in [-0.15, -0.1) is 0 Å². The number of rotatable bonds is 8.